The van der Waals surface area contributed by atoms with Crippen LogP contribution in [0.3, 0.4) is 0 Å². The van der Waals surface area contributed by atoms with Gasteiger partial charge in [0.1, 0.15) is 11.5 Å². The molecule has 1 N–H and O–H groups in total. The lowest BCUT2D eigenvalue weighted by Gasteiger charge is -2.31. The Kier molecular flexibility index (Phi) is 8.31. The molecule has 0 atom stereocenters. The van der Waals surface area contributed by atoms with Gasteiger partial charge in [-0.05, 0) is 62.1 Å². The summed E-state index contributed by atoms with van der Waals surface area (Å²) in [5, 5.41) is 6.12. The van der Waals surface area contributed by atoms with Crippen LogP contribution in [0.2, 0.25) is 5.02 Å². The van der Waals surface area contributed by atoms with E-state index in [-0.39, 0.29) is 17.7 Å². The number of halogens is 2. The molecule has 0 spiro atoms. The molecule has 1 saturated heterocycles. The average Bonchev–Trinajstić information content (AvgIpc) is 3.36. The fourth-order valence-corrected chi connectivity index (χ4v) is 5.26. The van der Waals surface area contributed by atoms with Gasteiger partial charge in [-0.2, -0.15) is 0 Å². The largest absolute Gasteiger partial charge is 0.343 e. The maximum absolute atomic E-state index is 14.0. The van der Waals surface area contributed by atoms with Crippen molar-refractivity contribution in [1.82, 2.24) is 9.88 Å². The zero-order valence-corrected chi connectivity index (χ0v) is 21.0. The number of aromatic nitrogens is 1. The number of piperidine rings is 1. The molecule has 0 radical (unpaired) electrons. The minimum atomic E-state index is -0.393. The van der Waals surface area contributed by atoms with Crippen LogP contribution in [0.5, 0.6) is 0 Å². The van der Waals surface area contributed by atoms with E-state index in [0.29, 0.717) is 41.5 Å². The number of likely N-dealkylation sites (tertiary alicyclic amines) is 1. The normalized spacial score (nSPS) is 14.4. The van der Waals surface area contributed by atoms with Crippen molar-refractivity contribution in [2.75, 3.05) is 18.4 Å². The fraction of sp³-hybridized carbons (Fsp3) is 0.296. The minimum absolute atomic E-state index is 0.191. The van der Waals surface area contributed by atoms with Crippen LogP contribution in [0.1, 0.15) is 54.0 Å². The van der Waals surface area contributed by atoms with E-state index in [2.05, 4.69) is 10.3 Å². The number of anilines is 1. The molecular formula is C27H27ClFN3O2S. The van der Waals surface area contributed by atoms with Gasteiger partial charge >= 0.3 is 0 Å². The molecule has 8 heteroatoms. The SMILES string of the molecule is CC=CCCC(=O)N1CCC(c2nc(C(=O)Nc3ccc(F)cc3-c3ccc(Cl)cc3)cs2)CC1. The van der Waals surface area contributed by atoms with Gasteiger partial charge in [-0.15, -0.1) is 11.3 Å². The van der Waals surface area contributed by atoms with E-state index in [4.69, 9.17) is 11.6 Å². The first-order chi connectivity index (χ1) is 16.9. The van der Waals surface area contributed by atoms with Crippen molar-refractivity contribution in [2.45, 2.75) is 38.5 Å². The highest BCUT2D eigenvalue weighted by molar-refractivity contribution is 7.10. The third kappa shape index (κ3) is 6.35. The van der Waals surface area contributed by atoms with Crippen LogP contribution in [-0.2, 0) is 4.79 Å². The number of rotatable bonds is 7. The number of nitrogens with one attached hydrogen (secondary N) is 1. The summed E-state index contributed by atoms with van der Waals surface area (Å²) in [5.74, 6) is -0.311. The first-order valence-corrected chi connectivity index (χ1v) is 12.9. The van der Waals surface area contributed by atoms with Crippen molar-refractivity contribution in [1.29, 1.82) is 0 Å². The van der Waals surface area contributed by atoms with Crippen LogP contribution in [0, 0.1) is 5.82 Å². The summed E-state index contributed by atoms with van der Waals surface area (Å²) in [6.45, 7) is 3.37. The van der Waals surface area contributed by atoms with Crippen molar-refractivity contribution in [3.05, 3.63) is 81.5 Å². The quantitative estimate of drug-likeness (QED) is 0.350. The van der Waals surface area contributed by atoms with Gasteiger partial charge in [0, 0.05) is 47.1 Å². The monoisotopic (exact) mass is 511 g/mol. The van der Waals surface area contributed by atoms with Gasteiger partial charge in [0.05, 0.1) is 5.01 Å². The van der Waals surface area contributed by atoms with Crippen molar-refractivity contribution < 1.29 is 14.0 Å². The number of hydrogen-bond donors (Lipinski definition) is 1. The second-order valence-corrected chi connectivity index (χ2v) is 9.81. The Bertz CT molecular complexity index is 1220. The van der Waals surface area contributed by atoms with Gasteiger partial charge in [-0.1, -0.05) is 35.9 Å². The van der Waals surface area contributed by atoms with Crippen LogP contribution in [-0.4, -0.2) is 34.8 Å². The number of allylic oxidation sites excluding steroid dienone is 2. The second kappa shape index (κ2) is 11.6. The van der Waals surface area contributed by atoms with Crippen molar-refractivity contribution in [3.63, 3.8) is 0 Å². The summed E-state index contributed by atoms with van der Waals surface area (Å²) < 4.78 is 14.0. The molecule has 2 amide bonds. The van der Waals surface area contributed by atoms with Crippen LogP contribution in [0.25, 0.3) is 11.1 Å². The van der Waals surface area contributed by atoms with Crippen LogP contribution in [0.4, 0.5) is 10.1 Å². The standard InChI is InChI=1S/C27H27ClFN3O2S/c1-2-3-4-5-25(33)32-14-12-19(13-15-32)27-31-24(17-35-27)26(34)30-23-11-10-21(29)16-22(23)18-6-8-20(28)9-7-18/h2-3,6-11,16-17,19H,4-5,12-15H2,1H3,(H,30,34). The molecule has 2 heterocycles. The molecule has 0 aliphatic carbocycles. The van der Waals surface area contributed by atoms with Gasteiger partial charge in [0.2, 0.25) is 5.91 Å². The maximum atomic E-state index is 14.0. The summed E-state index contributed by atoms with van der Waals surface area (Å²) in [7, 11) is 0. The molecule has 0 unspecified atom stereocenters. The fourth-order valence-electron chi connectivity index (χ4n) is 4.17. The molecule has 5 nitrogen and oxygen atoms in total. The Morgan fingerprint density at radius 2 is 1.94 bits per heavy atom. The summed E-state index contributed by atoms with van der Waals surface area (Å²) in [6.07, 6.45) is 6.96. The number of nitrogens with zero attached hydrogens (tertiary/aromatic N) is 2. The van der Waals surface area contributed by atoms with Gasteiger partial charge in [-0.25, -0.2) is 9.37 Å². The highest BCUT2D eigenvalue weighted by atomic mass is 35.5. The molecule has 35 heavy (non-hydrogen) atoms. The second-order valence-electron chi connectivity index (χ2n) is 8.48. The molecule has 4 rings (SSSR count). The maximum Gasteiger partial charge on any atom is 0.275 e. The Hall–Kier alpha value is -3.03. The number of hydrogen-bond acceptors (Lipinski definition) is 4. The van der Waals surface area contributed by atoms with Crippen LogP contribution in [0.15, 0.2) is 60.0 Å². The third-order valence-corrected chi connectivity index (χ3v) is 7.36. The van der Waals surface area contributed by atoms with E-state index in [1.165, 1.54) is 23.5 Å². The summed E-state index contributed by atoms with van der Waals surface area (Å²) >= 11 is 7.44. The zero-order valence-electron chi connectivity index (χ0n) is 19.5. The summed E-state index contributed by atoms with van der Waals surface area (Å²) in [4.78, 5) is 31.8. The highest BCUT2D eigenvalue weighted by Crippen LogP contribution is 2.32. The first kappa shape index (κ1) is 25.1. The average molecular weight is 512 g/mol. The first-order valence-electron chi connectivity index (χ1n) is 11.7. The Labute approximate surface area is 213 Å². The van der Waals surface area contributed by atoms with Gasteiger partial charge in [0.15, 0.2) is 0 Å². The molecule has 1 aliphatic rings. The van der Waals surface area contributed by atoms with Crippen molar-refractivity contribution >= 4 is 40.4 Å². The number of amides is 2. The number of carbonyl (C=O) groups is 2. The highest BCUT2D eigenvalue weighted by Gasteiger charge is 2.26. The van der Waals surface area contributed by atoms with Gasteiger partial charge in [0.25, 0.3) is 5.91 Å². The van der Waals surface area contributed by atoms with Crippen molar-refractivity contribution in [2.24, 2.45) is 0 Å². The number of thiazole rings is 1. The number of benzene rings is 2. The van der Waals surface area contributed by atoms with E-state index in [1.54, 1.807) is 35.7 Å². The molecule has 1 aromatic heterocycles. The van der Waals surface area contributed by atoms with E-state index in [0.717, 1.165) is 29.8 Å². The van der Waals surface area contributed by atoms with E-state index in [9.17, 15) is 14.0 Å². The summed E-state index contributed by atoms with van der Waals surface area (Å²) in [6, 6.07) is 11.3. The lowest BCUT2D eigenvalue weighted by molar-refractivity contribution is -0.132. The van der Waals surface area contributed by atoms with Crippen LogP contribution < -0.4 is 5.32 Å². The minimum Gasteiger partial charge on any atom is -0.343 e. The topological polar surface area (TPSA) is 62.3 Å². The van der Waals surface area contributed by atoms with Crippen LogP contribution >= 0.6 is 22.9 Å². The van der Waals surface area contributed by atoms with Gasteiger partial charge < -0.3 is 10.2 Å². The lowest BCUT2D eigenvalue weighted by Crippen LogP contribution is -2.37. The third-order valence-electron chi connectivity index (χ3n) is 6.10. The molecule has 2 aromatic carbocycles. The molecule has 1 fully saturated rings. The van der Waals surface area contributed by atoms with E-state index < -0.39 is 5.82 Å². The molecule has 0 saturated carbocycles. The summed E-state index contributed by atoms with van der Waals surface area (Å²) in [5.41, 5.74) is 2.14. The van der Waals surface area contributed by atoms with E-state index >= 15 is 0 Å². The predicted octanol–water partition coefficient (Wildman–Crippen LogP) is 6.92. The Morgan fingerprint density at radius 3 is 2.66 bits per heavy atom. The molecular weight excluding hydrogens is 485 g/mol. The number of carbonyl (C=O) groups excluding carboxylic acids is 2. The molecule has 3 aromatic rings. The molecule has 1 aliphatic heterocycles. The zero-order chi connectivity index (χ0) is 24.8. The van der Waals surface area contributed by atoms with E-state index in [1.807, 2.05) is 24.0 Å². The predicted molar refractivity (Wildman–Crippen MR) is 140 cm³/mol. The lowest BCUT2D eigenvalue weighted by atomic mass is 9.97. The van der Waals surface area contributed by atoms with Gasteiger partial charge in [-0.3, -0.25) is 9.59 Å². The smallest absolute Gasteiger partial charge is 0.275 e. The van der Waals surface area contributed by atoms with Crippen molar-refractivity contribution in [3.8, 4) is 11.1 Å². The Balaban J connectivity index is 1.40. The Morgan fingerprint density at radius 1 is 1.20 bits per heavy atom. The molecule has 0 bridgehead atoms. The molecule has 182 valence electrons.